The number of carbonyl (C=O) groups is 3. The molecule has 1 amide bonds. The summed E-state index contributed by atoms with van der Waals surface area (Å²) in [5.74, 6) is 2.19. The van der Waals surface area contributed by atoms with E-state index < -0.39 is 5.92 Å². The van der Waals surface area contributed by atoms with Gasteiger partial charge in [-0.05, 0) is 40.7 Å². The summed E-state index contributed by atoms with van der Waals surface area (Å²) in [4.78, 5) is 39.6. The van der Waals surface area contributed by atoms with E-state index in [1.807, 2.05) is 18.2 Å². The van der Waals surface area contributed by atoms with Crippen LogP contribution >= 0.6 is 0 Å². The number of hydrogen-bond acceptors (Lipinski definition) is 7. The molecule has 8 nitrogen and oxygen atoms in total. The second kappa shape index (κ2) is 9.54. The lowest BCUT2D eigenvalue weighted by molar-refractivity contribution is -0.120. The summed E-state index contributed by atoms with van der Waals surface area (Å²) < 4.78 is 22.9. The molecule has 0 radical (unpaired) electrons. The number of anilines is 1. The Bertz CT molecular complexity index is 1440. The second-order valence-corrected chi connectivity index (χ2v) is 12.6. The first kappa shape index (κ1) is 26.2. The maximum absolute atomic E-state index is 13.5. The fourth-order valence-electron chi connectivity index (χ4n) is 6.11. The van der Waals surface area contributed by atoms with Crippen LogP contribution in [0.25, 0.3) is 0 Å². The molecule has 40 heavy (non-hydrogen) atoms. The third kappa shape index (κ3) is 4.98. The molecule has 6 rings (SSSR count). The van der Waals surface area contributed by atoms with Crippen molar-refractivity contribution >= 4 is 23.2 Å². The summed E-state index contributed by atoms with van der Waals surface area (Å²) in [6, 6.07) is 12.5. The molecule has 208 valence electrons. The molecule has 4 aliphatic rings. The molecule has 0 unspecified atom stereocenters. The predicted octanol–water partition coefficient (Wildman–Crippen LogP) is 5.83. The van der Waals surface area contributed by atoms with Crippen molar-refractivity contribution in [1.29, 1.82) is 0 Å². The van der Waals surface area contributed by atoms with Crippen molar-refractivity contribution in [2.24, 2.45) is 10.8 Å². The van der Waals surface area contributed by atoms with Gasteiger partial charge in [0.2, 0.25) is 6.79 Å². The summed E-state index contributed by atoms with van der Waals surface area (Å²) in [5, 5.41) is 2.80. The normalized spacial score (nSPS) is 21.0. The van der Waals surface area contributed by atoms with Gasteiger partial charge in [0.1, 0.15) is 17.3 Å². The van der Waals surface area contributed by atoms with Crippen molar-refractivity contribution in [2.45, 2.75) is 59.3 Å². The van der Waals surface area contributed by atoms with E-state index in [0.29, 0.717) is 71.3 Å². The van der Waals surface area contributed by atoms with Gasteiger partial charge in [-0.25, -0.2) is 0 Å². The van der Waals surface area contributed by atoms with Crippen LogP contribution in [0.15, 0.2) is 65.1 Å². The highest BCUT2D eigenvalue weighted by atomic mass is 16.7. The first-order valence-corrected chi connectivity index (χ1v) is 13.6. The first-order valence-electron chi connectivity index (χ1n) is 13.6. The second-order valence-electron chi connectivity index (χ2n) is 12.6. The van der Waals surface area contributed by atoms with Crippen LogP contribution in [-0.2, 0) is 19.1 Å². The quantitative estimate of drug-likeness (QED) is 0.506. The maximum atomic E-state index is 13.5. The van der Waals surface area contributed by atoms with Crippen LogP contribution in [0, 0.1) is 10.8 Å². The van der Waals surface area contributed by atoms with Crippen LogP contribution < -0.4 is 19.5 Å². The zero-order valence-corrected chi connectivity index (χ0v) is 23.2. The summed E-state index contributed by atoms with van der Waals surface area (Å²) >= 11 is 0. The van der Waals surface area contributed by atoms with Crippen LogP contribution in [-0.4, -0.2) is 30.9 Å². The van der Waals surface area contributed by atoms with E-state index in [9.17, 15) is 14.4 Å². The average molecular weight is 544 g/mol. The number of amides is 1. The van der Waals surface area contributed by atoms with Crippen molar-refractivity contribution < 1.29 is 33.3 Å². The van der Waals surface area contributed by atoms with Crippen molar-refractivity contribution in [3.05, 3.63) is 70.7 Å². The topological polar surface area (TPSA) is 100 Å². The van der Waals surface area contributed by atoms with Crippen LogP contribution in [0.1, 0.15) is 64.9 Å². The van der Waals surface area contributed by atoms with Gasteiger partial charge in [0, 0.05) is 54.5 Å². The molecule has 1 N–H and O–H groups in total. The van der Waals surface area contributed by atoms with Crippen molar-refractivity contribution in [2.75, 3.05) is 18.7 Å². The number of benzene rings is 2. The van der Waals surface area contributed by atoms with Crippen LogP contribution in [0.4, 0.5) is 5.69 Å². The Balaban J connectivity index is 1.26. The zero-order valence-electron chi connectivity index (χ0n) is 23.2. The Hall–Kier alpha value is -4.07. The monoisotopic (exact) mass is 543 g/mol. The summed E-state index contributed by atoms with van der Waals surface area (Å²) in [7, 11) is 0. The van der Waals surface area contributed by atoms with Crippen LogP contribution in [0.2, 0.25) is 0 Å². The molecule has 2 aliphatic carbocycles. The molecule has 0 bridgehead atoms. The minimum Gasteiger partial charge on any atom is -0.484 e. The summed E-state index contributed by atoms with van der Waals surface area (Å²) in [6.07, 6.45) is 2.05. The fourth-order valence-corrected chi connectivity index (χ4v) is 6.11. The number of ketones is 2. The Morgan fingerprint density at radius 1 is 0.875 bits per heavy atom. The van der Waals surface area contributed by atoms with Gasteiger partial charge in [-0.3, -0.25) is 14.4 Å². The average Bonchev–Trinajstić information content (AvgIpc) is 3.33. The third-order valence-electron chi connectivity index (χ3n) is 7.80. The summed E-state index contributed by atoms with van der Waals surface area (Å²) in [6.45, 7) is 8.20. The molecule has 0 spiro atoms. The van der Waals surface area contributed by atoms with E-state index >= 15 is 0 Å². The number of Topliss-reactive ketones (excluding diaryl/α,β-unsaturated/α-hetero) is 2. The van der Waals surface area contributed by atoms with Gasteiger partial charge in [-0.1, -0.05) is 39.8 Å². The lowest BCUT2D eigenvalue weighted by atomic mass is 9.65. The van der Waals surface area contributed by atoms with E-state index in [4.69, 9.17) is 18.9 Å². The molecule has 8 heteroatoms. The number of nitrogens with one attached hydrogen (secondary N) is 1. The van der Waals surface area contributed by atoms with Crippen LogP contribution in [0.3, 0.4) is 0 Å². The predicted molar refractivity (Wildman–Crippen MR) is 147 cm³/mol. The smallest absolute Gasteiger partial charge is 0.262 e. The lowest BCUT2D eigenvalue weighted by Gasteiger charge is -2.42. The fraction of sp³-hybridized carbons (Fsp3) is 0.406. The molecule has 2 aromatic carbocycles. The molecule has 2 aromatic rings. The molecular weight excluding hydrogens is 510 g/mol. The SMILES string of the molecule is CC1(C)CC(=O)C2=C(C1)OC1=C(C(=O)CC(C)(C)C1)C2c1cccc(OCC(=O)Nc2ccc3c(c2)OCO3)c1. The van der Waals surface area contributed by atoms with Gasteiger partial charge >= 0.3 is 0 Å². The van der Waals surface area contributed by atoms with Gasteiger partial charge < -0.3 is 24.3 Å². The van der Waals surface area contributed by atoms with Gasteiger partial charge in [0.25, 0.3) is 5.91 Å². The number of carbonyl (C=O) groups excluding carboxylic acids is 3. The first-order chi connectivity index (χ1) is 19.0. The largest absolute Gasteiger partial charge is 0.484 e. The number of fused-ring (bicyclic) bond motifs is 1. The molecule has 0 saturated carbocycles. The molecule has 2 aliphatic heterocycles. The summed E-state index contributed by atoms with van der Waals surface area (Å²) in [5.41, 5.74) is 2.06. The standard InChI is InChI=1S/C32H33NO7/c1-31(2)12-21(34)29-25(14-31)40-26-15-32(3,4)13-22(35)30(26)28(29)18-6-5-7-20(10-18)37-16-27(36)33-19-8-9-23-24(11-19)39-17-38-23/h5-11,28H,12-17H2,1-4H3,(H,33,36). The van der Waals surface area contributed by atoms with E-state index in [2.05, 4.69) is 33.0 Å². The highest BCUT2D eigenvalue weighted by Crippen LogP contribution is 2.53. The Labute approximate surface area is 233 Å². The highest BCUT2D eigenvalue weighted by Gasteiger charge is 2.47. The number of rotatable bonds is 5. The molecule has 0 atom stereocenters. The van der Waals surface area contributed by atoms with Gasteiger partial charge in [-0.15, -0.1) is 0 Å². The van der Waals surface area contributed by atoms with Crippen molar-refractivity contribution in [3.63, 3.8) is 0 Å². The van der Waals surface area contributed by atoms with Crippen molar-refractivity contribution in [1.82, 2.24) is 0 Å². The molecule has 2 heterocycles. The maximum Gasteiger partial charge on any atom is 0.262 e. The Kier molecular flexibility index (Phi) is 6.24. The zero-order chi connectivity index (χ0) is 28.2. The van der Waals surface area contributed by atoms with Crippen molar-refractivity contribution in [3.8, 4) is 17.2 Å². The lowest BCUT2D eigenvalue weighted by Crippen LogP contribution is -2.37. The molecule has 0 aromatic heterocycles. The third-order valence-corrected chi connectivity index (χ3v) is 7.80. The van der Waals surface area contributed by atoms with Gasteiger partial charge in [-0.2, -0.15) is 0 Å². The Morgan fingerprint density at radius 2 is 1.52 bits per heavy atom. The minimum atomic E-state index is -0.517. The van der Waals surface area contributed by atoms with E-state index in [-0.39, 0.29) is 41.7 Å². The molecular formula is C32H33NO7. The highest BCUT2D eigenvalue weighted by molar-refractivity contribution is 6.06. The van der Waals surface area contributed by atoms with E-state index in [1.54, 1.807) is 24.3 Å². The molecule has 0 fully saturated rings. The van der Waals surface area contributed by atoms with Gasteiger partial charge in [0.15, 0.2) is 29.7 Å². The van der Waals surface area contributed by atoms with E-state index in [0.717, 1.165) is 5.56 Å². The number of ether oxygens (including phenoxy) is 4. The Morgan fingerprint density at radius 3 is 2.20 bits per heavy atom. The van der Waals surface area contributed by atoms with E-state index in [1.165, 1.54) is 0 Å². The number of hydrogen-bond donors (Lipinski definition) is 1. The number of allylic oxidation sites excluding steroid dienone is 4. The van der Waals surface area contributed by atoms with Crippen LogP contribution in [0.5, 0.6) is 17.2 Å². The minimum absolute atomic E-state index is 0.00913. The molecule has 0 saturated heterocycles. The van der Waals surface area contributed by atoms with Gasteiger partial charge in [0.05, 0.1) is 0 Å².